The summed E-state index contributed by atoms with van der Waals surface area (Å²) in [5.74, 6) is -0.175. The predicted octanol–water partition coefficient (Wildman–Crippen LogP) is 3.31. The molecule has 120 valence electrons. The first-order valence-electron chi connectivity index (χ1n) is 7.89. The Bertz CT molecular complexity index is 580. The van der Waals surface area contributed by atoms with Crippen molar-refractivity contribution in [1.29, 1.82) is 0 Å². The molecule has 2 saturated heterocycles. The largest absolute Gasteiger partial charge is 0.342 e. The molecule has 0 bridgehead atoms. The number of likely N-dealkylation sites (tertiary alicyclic amines) is 2. The zero-order valence-corrected chi connectivity index (χ0v) is 13.7. The summed E-state index contributed by atoms with van der Waals surface area (Å²) in [6, 6.07) is 5.03. The van der Waals surface area contributed by atoms with Crippen molar-refractivity contribution in [2.24, 2.45) is 5.41 Å². The molecule has 1 aromatic carbocycles. The summed E-state index contributed by atoms with van der Waals surface area (Å²) >= 11 is 5.73. The lowest BCUT2D eigenvalue weighted by Gasteiger charge is -2.40. The van der Waals surface area contributed by atoms with E-state index >= 15 is 0 Å². The standard InChI is InChI=1S/C17H22ClFN2O/c1-13(22)21-7-2-5-17(12-21)6-8-20(11-17)10-14-3-4-15(18)16(19)9-14/h3-4,9H,2,5-8,10-12H2,1H3/t17-/m0/s1. The number of hydrogen-bond donors (Lipinski definition) is 0. The fourth-order valence-electron chi connectivity index (χ4n) is 3.87. The number of piperidine rings is 1. The van der Waals surface area contributed by atoms with Crippen LogP contribution in [0.25, 0.3) is 0 Å². The summed E-state index contributed by atoms with van der Waals surface area (Å²) in [6.45, 7) is 6.16. The summed E-state index contributed by atoms with van der Waals surface area (Å²) < 4.78 is 13.5. The molecule has 1 atom stereocenters. The van der Waals surface area contributed by atoms with Gasteiger partial charge in [-0.15, -0.1) is 0 Å². The van der Waals surface area contributed by atoms with E-state index in [1.165, 1.54) is 12.5 Å². The van der Waals surface area contributed by atoms with E-state index in [-0.39, 0.29) is 22.2 Å². The van der Waals surface area contributed by atoms with Crippen molar-refractivity contribution in [3.05, 3.63) is 34.6 Å². The molecule has 0 radical (unpaired) electrons. The van der Waals surface area contributed by atoms with E-state index in [1.807, 2.05) is 11.0 Å². The van der Waals surface area contributed by atoms with Gasteiger partial charge in [-0.25, -0.2) is 4.39 Å². The van der Waals surface area contributed by atoms with Gasteiger partial charge in [0, 0.05) is 38.5 Å². The Kier molecular flexibility index (Phi) is 4.42. The number of rotatable bonds is 2. The van der Waals surface area contributed by atoms with Gasteiger partial charge in [0.2, 0.25) is 5.91 Å². The van der Waals surface area contributed by atoms with Crippen LogP contribution in [0.1, 0.15) is 31.7 Å². The van der Waals surface area contributed by atoms with Gasteiger partial charge in [-0.3, -0.25) is 9.69 Å². The van der Waals surface area contributed by atoms with Gasteiger partial charge in [0.25, 0.3) is 0 Å². The highest BCUT2D eigenvalue weighted by Gasteiger charge is 2.41. The lowest BCUT2D eigenvalue weighted by Crippen LogP contribution is -2.46. The molecule has 0 unspecified atom stereocenters. The van der Waals surface area contributed by atoms with Crippen LogP contribution in [0, 0.1) is 11.2 Å². The summed E-state index contributed by atoms with van der Waals surface area (Å²) in [4.78, 5) is 16.0. The lowest BCUT2D eigenvalue weighted by molar-refractivity contribution is -0.132. The molecule has 2 aliphatic heterocycles. The van der Waals surface area contributed by atoms with Gasteiger partial charge in [-0.1, -0.05) is 17.7 Å². The number of hydrogen-bond acceptors (Lipinski definition) is 2. The summed E-state index contributed by atoms with van der Waals surface area (Å²) in [7, 11) is 0. The van der Waals surface area contributed by atoms with E-state index in [0.29, 0.717) is 0 Å². The number of carbonyl (C=O) groups excluding carboxylic acids is 1. The van der Waals surface area contributed by atoms with Gasteiger partial charge in [0.05, 0.1) is 5.02 Å². The molecule has 2 aliphatic rings. The number of halogens is 2. The molecular weight excluding hydrogens is 303 g/mol. The quantitative estimate of drug-likeness (QED) is 0.833. The Morgan fingerprint density at radius 3 is 2.86 bits per heavy atom. The molecule has 2 fully saturated rings. The van der Waals surface area contributed by atoms with Crippen LogP contribution in [0.4, 0.5) is 4.39 Å². The predicted molar refractivity (Wildman–Crippen MR) is 85.2 cm³/mol. The van der Waals surface area contributed by atoms with Gasteiger partial charge in [-0.05, 0) is 43.5 Å². The normalized spacial score (nSPS) is 25.9. The van der Waals surface area contributed by atoms with E-state index < -0.39 is 0 Å². The molecule has 1 spiro atoms. The van der Waals surface area contributed by atoms with Crippen LogP contribution in [0.5, 0.6) is 0 Å². The van der Waals surface area contributed by atoms with Gasteiger partial charge < -0.3 is 4.90 Å². The first kappa shape index (κ1) is 15.8. The van der Waals surface area contributed by atoms with E-state index in [2.05, 4.69) is 4.90 Å². The second-order valence-electron chi connectivity index (χ2n) is 6.75. The first-order valence-corrected chi connectivity index (χ1v) is 8.27. The third-order valence-corrected chi connectivity index (χ3v) is 5.32. The smallest absolute Gasteiger partial charge is 0.219 e. The molecule has 1 aromatic rings. The Morgan fingerprint density at radius 2 is 2.14 bits per heavy atom. The van der Waals surface area contributed by atoms with Gasteiger partial charge in [0.15, 0.2) is 0 Å². The zero-order valence-electron chi connectivity index (χ0n) is 12.9. The molecule has 1 amide bonds. The maximum atomic E-state index is 13.5. The minimum Gasteiger partial charge on any atom is -0.342 e. The highest BCUT2D eigenvalue weighted by atomic mass is 35.5. The van der Waals surface area contributed by atoms with Gasteiger partial charge in [-0.2, -0.15) is 0 Å². The third-order valence-electron chi connectivity index (χ3n) is 5.01. The van der Waals surface area contributed by atoms with Crippen LogP contribution in [0.15, 0.2) is 18.2 Å². The maximum Gasteiger partial charge on any atom is 0.219 e. The topological polar surface area (TPSA) is 23.6 Å². The molecule has 0 aliphatic carbocycles. The van der Waals surface area contributed by atoms with E-state index in [9.17, 15) is 9.18 Å². The minimum absolute atomic E-state index is 0.172. The molecule has 22 heavy (non-hydrogen) atoms. The highest BCUT2D eigenvalue weighted by Crippen LogP contribution is 2.39. The van der Waals surface area contributed by atoms with E-state index in [4.69, 9.17) is 11.6 Å². The van der Waals surface area contributed by atoms with Crippen LogP contribution in [-0.4, -0.2) is 41.9 Å². The highest BCUT2D eigenvalue weighted by molar-refractivity contribution is 6.30. The van der Waals surface area contributed by atoms with Crippen molar-refractivity contribution >= 4 is 17.5 Å². The van der Waals surface area contributed by atoms with E-state index in [0.717, 1.165) is 51.1 Å². The molecule has 5 heteroatoms. The van der Waals surface area contributed by atoms with Crippen molar-refractivity contribution in [2.45, 2.75) is 32.7 Å². The third kappa shape index (κ3) is 3.28. The van der Waals surface area contributed by atoms with Crippen molar-refractivity contribution in [1.82, 2.24) is 9.80 Å². The summed E-state index contributed by atoms with van der Waals surface area (Å²) in [5.41, 5.74) is 1.19. The van der Waals surface area contributed by atoms with Gasteiger partial charge >= 0.3 is 0 Å². The van der Waals surface area contributed by atoms with Crippen molar-refractivity contribution in [2.75, 3.05) is 26.2 Å². The Morgan fingerprint density at radius 1 is 1.32 bits per heavy atom. The van der Waals surface area contributed by atoms with Gasteiger partial charge in [0.1, 0.15) is 5.82 Å². The molecule has 2 heterocycles. The molecule has 3 rings (SSSR count). The van der Waals surface area contributed by atoms with Crippen LogP contribution >= 0.6 is 11.6 Å². The van der Waals surface area contributed by atoms with Crippen LogP contribution in [-0.2, 0) is 11.3 Å². The van der Waals surface area contributed by atoms with Crippen LogP contribution in [0.3, 0.4) is 0 Å². The van der Waals surface area contributed by atoms with Crippen molar-refractivity contribution in [3.8, 4) is 0 Å². The monoisotopic (exact) mass is 324 g/mol. The van der Waals surface area contributed by atoms with Crippen molar-refractivity contribution < 1.29 is 9.18 Å². The summed E-state index contributed by atoms with van der Waals surface area (Å²) in [6.07, 6.45) is 3.39. The number of carbonyl (C=O) groups is 1. The number of benzene rings is 1. The lowest BCUT2D eigenvalue weighted by atomic mass is 9.79. The average molecular weight is 325 g/mol. The first-order chi connectivity index (χ1) is 10.5. The fraction of sp³-hybridized carbons (Fsp3) is 0.588. The molecule has 0 N–H and O–H groups in total. The molecule has 0 saturated carbocycles. The minimum atomic E-state index is -0.353. The van der Waals surface area contributed by atoms with Crippen LogP contribution in [0.2, 0.25) is 5.02 Å². The molecule has 0 aromatic heterocycles. The maximum absolute atomic E-state index is 13.5. The Balaban J connectivity index is 1.64. The average Bonchev–Trinajstić information content (AvgIpc) is 2.85. The number of amides is 1. The zero-order chi connectivity index (χ0) is 15.7. The summed E-state index contributed by atoms with van der Waals surface area (Å²) in [5, 5.41) is 0.172. The van der Waals surface area contributed by atoms with Crippen molar-refractivity contribution in [3.63, 3.8) is 0 Å². The Hall–Kier alpha value is -1.13. The molecular formula is C17H22ClFN2O. The molecule has 3 nitrogen and oxygen atoms in total. The fourth-order valence-corrected chi connectivity index (χ4v) is 3.99. The number of nitrogens with zero attached hydrogens (tertiary/aromatic N) is 2. The SMILES string of the molecule is CC(=O)N1CCC[C@@]2(CCN(Cc3ccc(Cl)c(F)c3)C2)C1. The second kappa shape index (κ2) is 6.17. The van der Waals surface area contributed by atoms with E-state index in [1.54, 1.807) is 13.0 Å². The Labute approximate surface area is 136 Å². The van der Waals surface area contributed by atoms with Crippen LogP contribution < -0.4 is 0 Å². The second-order valence-corrected chi connectivity index (χ2v) is 7.16.